The Labute approximate surface area is 147 Å². The number of aliphatic carboxylic acids is 1. The van der Waals surface area contributed by atoms with E-state index in [4.69, 9.17) is 15.1 Å². The molecule has 2 atom stereocenters. The number of pyridine rings is 1. The van der Waals surface area contributed by atoms with Gasteiger partial charge in [0.1, 0.15) is 11.8 Å². The fourth-order valence-corrected chi connectivity index (χ4v) is 2.66. The van der Waals surface area contributed by atoms with E-state index < -0.39 is 23.6 Å². The van der Waals surface area contributed by atoms with Crippen molar-refractivity contribution >= 4 is 17.7 Å². The number of amides is 1. The number of nitrogens with zero attached hydrogens (tertiary/aromatic N) is 5. The van der Waals surface area contributed by atoms with Gasteiger partial charge >= 0.3 is 5.97 Å². The van der Waals surface area contributed by atoms with Crippen molar-refractivity contribution in [1.29, 1.82) is 5.26 Å². The largest absolute Gasteiger partial charge is 0.479 e. The molecule has 1 aliphatic rings. The lowest BCUT2D eigenvalue weighted by Gasteiger charge is -2.39. The van der Waals surface area contributed by atoms with E-state index >= 15 is 0 Å². The number of anilines is 1. The summed E-state index contributed by atoms with van der Waals surface area (Å²) in [5.41, 5.74) is -1.10. The first-order valence-electron chi connectivity index (χ1n) is 7.66. The summed E-state index contributed by atoms with van der Waals surface area (Å²) in [4.78, 5) is 28.9. The Balaban J connectivity index is 1.90. The SMILES string of the molecule is CC1([C@@H](O)C(=O)O)OCCN(c2ccn(-c3ccnc(C#N)c3)n2)C1=O. The number of carbonyl (C=O) groups is 2. The van der Waals surface area contributed by atoms with Gasteiger partial charge in [-0.25, -0.2) is 14.5 Å². The van der Waals surface area contributed by atoms with E-state index in [9.17, 15) is 14.7 Å². The molecule has 3 rings (SSSR count). The van der Waals surface area contributed by atoms with E-state index in [0.29, 0.717) is 5.69 Å². The lowest BCUT2D eigenvalue weighted by Crippen LogP contribution is -2.63. The molecule has 1 amide bonds. The number of aromatic nitrogens is 3. The quantitative estimate of drug-likeness (QED) is 0.760. The number of aliphatic hydroxyl groups excluding tert-OH is 1. The average Bonchev–Trinajstić information content (AvgIpc) is 3.13. The molecule has 134 valence electrons. The van der Waals surface area contributed by atoms with E-state index in [2.05, 4.69) is 10.1 Å². The maximum atomic E-state index is 12.7. The van der Waals surface area contributed by atoms with Crippen molar-refractivity contribution in [2.45, 2.75) is 18.6 Å². The molecular formula is C16H15N5O5. The molecule has 26 heavy (non-hydrogen) atoms. The highest BCUT2D eigenvalue weighted by Crippen LogP contribution is 2.27. The smallest absolute Gasteiger partial charge is 0.336 e. The highest BCUT2D eigenvalue weighted by atomic mass is 16.5. The van der Waals surface area contributed by atoms with E-state index in [1.807, 2.05) is 6.07 Å². The summed E-state index contributed by atoms with van der Waals surface area (Å²) in [7, 11) is 0. The van der Waals surface area contributed by atoms with Crippen molar-refractivity contribution in [3.63, 3.8) is 0 Å². The van der Waals surface area contributed by atoms with E-state index in [1.54, 1.807) is 18.3 Å². The topological polar surface area (TPSA) is 142 Å². The van der Waals surface area contributed by atoms with Crippen molar-refractivity contribution in [2.24, 2.45) is 0 Å². The molecule has 2 aromatic rings. The van der Waals surface area contributed by atoms with Gasteiger partial charge in [0.15, 0.2) is 17.5 Å². The lowest BCUT2D eigenvalue weighted by atomic mass is 9.95. The molecule has 0 aromatic carbocycles. The fraction of sp³-hybridized carbons (Fsp3) is 0.312. The molecule has 0 spiro atoms. The summed E-state index contributed by atoms with van der Waals surface area (Å²) in [6.07, 6.45) is 1.06. The van der Waals surface area contributed by atoms with Crippen LogP contribution in [0, 0.1) is 11.3 Å². The molecule has 10 heteroatoms. The van der Waals surface area contributed by atoms with Crippen LogP contribution in [0.15, 0.2) is 30.6 Å². The van der Waals surface area contributed by atoms with Crippen LogP contribution in [0.25, 0.3) is 5.69 Å². The molecule has 2 aromatic heterocycles. The van der Waals surface area contributed by atoms with Crippen LogP contribution < -0.4 is 4.90 Å². The third kappa shape index (κ3) is 2.90. The van der Waals surface area contributed by atoms with E-state index in [0.717, 1.165) is 0 Å². The van der Waals surface area contributed by atoms with Gasteiger partial charge in [-0.05, 0) is 13.0 Å². The molecule has 1 aliphatic heterocycles. The first kappa shape index (κ1) is 17.5. The number of carboxylic acids is 1. The second-order valence-electron chi connectivity index (χ2n) is 5.78. The highest BCUT2D eigenvalue weighted by molar-refractivity contribution is 6.02. The van der Waals surface area contributed by atoms with Crippen LogP contribution in [0.3, 0.4) is 0 Å². The number of nitriles is 1. The first-order valence-corrected chi connectivity index (χ1v) is 7.66. The number of hydrogen-bond acceptors (Lipinski definition) is 7. The van der Waals surface area contributed by atoms with Crippen molar-refractivity contribution in [1.82, 2.24) is 14.8 Å². The third-order valence-corrected chi connectivity index (χ3v) is 4.12. The molecule has 0 radical (unpaired) electrons. The third-order valence-electron chi connectivity index (χ3n) is 4.12. The van der Waals surface area contributed by atoms with E-state index in [1.165, 1.54) is 28.8 Å². The maximum absolute atomic E-state index is 12.7. The van der Waals surface area contributed by atoms with Crippen molar-refractivity contribution < 1.29 is 24.5 Å². The number of aliphatic hydroxyl groups is 1. The zero-order valence-corrected chi connectivity index (χ0v) is 13.7. The Bertz CT molecular complexity index is 904. The monoisotopic (exact) mass is 357 g/mol. The molecule has 10 nitrogen and oxygen atoms in total. The van der Waals surface area contributed by atoms with Crippen LogP contribution in [-0.2, 0) is 14.3 Å². The van der Waals surface area contributed by atoms with Crippen molar-refractivity contribution in [2.75, 3.05) is 18.1 Å². The Hall–Kier alpha value is -3.29. The molecule has 0 aliphatic carbocycles. The van der Waals surface area contributed by atoms with Crippen molar-refractivity contribution in [3.05, 3.63) is 36.3 Å². The zero-order valence-electron chi connectivity index (χ0n) is 13.7. The van der Waals surface area contributed by atoms with Gasteiger partial charge in [-0.1, -0.05) is 0 Å². The zero-order chi connectivity index (χ0) is 18.9. The number of hydrogen-bond donors (Lipinski definition) is 2. The Kier molecular flexibility index (Phi) is 4.41. The lowest BCUT2D eigenvalue weighted by molar-refractivity contribution is -0.181. The van der Waals surface area contributed by atoms with Crippen LogP contribution in [0.2, 0.25) is 0 Å². The second-order valence-corrected chi connectivity index (χ2v) is 5.78. The van der Waals surface area contributed by atoms with Gasteiger partial charge in [-0.3, -0.25) is 9.69 Å². The number of carboxylic acid groups (broad SMARTS) is 1. The highest BCUT2D eigenvalue weighted by Gasteiger charge is 2.51. The van der Waals surface area contributed by atoms with Crippen LogP contribution in [0.5, 0.6) is 0 Å². The molecule has 1 unspecified atom stereocenters. The minimum atomic E-state index is -2.00. The van der Waals surface area contributed by atoms with Crippen LogP contribution in [0.1, 0.15) is 12.6 Å². The number of ether oxygens (including phenoxy) is 1. The van der Waals surface area contributed by atoms with Crippen molar-refractivity contribution in [3.8, 4) is 11.8 Å². The summed E-state index contributed by atoms with van der Waals surface area (Å²) >= 11 is 0. The van der Waals surface area contributed by atoms with Crippen LogP contribution in [0.4, 0.5) is 5.82 Å². The summed E-state index contributed by atoms with van der Waals surface area (Å²) in [6.45, 7) is 1.45. The number of carbonyl (C=O) groups excluding carboxylic acids is 1. The molecule has 1 saturated heterocycles. The van der Waals surface area contributed by atoms with Gasteiger partial charge in [0.05, 0.1) is 18.8 Å². The van der Waals surface area contributed by atoms with Gasteiger partial charge in [0.25, 0.3) is 5.91 Å². The number of morpholine rings is 1. The maximum Gasteiger partial charge on any atom is 0.336 e. The van der Waals surface area contributed by atoms with Crippen LogP contribution in [-0.4, -0.2) is 61.7 Å². The van der Waals surface area contributed by atoms with Gasteiger partial charge in [-0.2, -0.15) is 5.26 Å². The molecule has 1 fully saturated rings. The van der Waals surface area contributed by atoms with Gasteiger partial charge in [-0.15, -0.1) is 5.10 Å². The van der Waals surface area contributed by atoms with Gasteiger partial charge in [0, 0.05) is 24.5 Å². The van der Waals surface area contributed by atoms with Crippen LogP contribution >= 0.6 is 0 Å². The first-order chi connectivity index (χ1) is 12.4. The Morgan fingerprint density at radius 2 is 2.27 bits per heavy atom. The molecule has 0 saturated carbocycles. The number of rotatable bonds is 4. The fourth-order valence-electron chi connectivity index (χ4n) is 2.66. The Morgan fingerprint density at radius 3 is 2.96 bits per heavy atom. The molecular weight excluding hydrogens is 342 g/mol. The summed E-state index contributed by atoms with van der Waals surface area (Å²) in [6, 6.07) is 6.69. The molecule has 3 heterocycles. The molecule has 0 bridgehead atoms. The minimum Gasteiger partial charge on any atom is -0.479 e. The van der Waals surface area contributed by atoms with Gasteiger partial charge in [0.2, 0.25) is 0 Å². The summed E-state index contributed by atoms with van der Waals surface area (Å²) < 4.78 is 6.74. The summed E-state index contributed by atoms with van der Waals surface area (Å²) in [5, 5.41) is 32.1. The minimum absolute atomic E-state index is 0.0489. The summed E-state index contributed by atoms with van der Waals surface area (Å²) in [5.74, 6) is -1.97. The molecule has 2 N–H and O–H groups in total. The predicted octanol–water partition coefficient (Wildman–Crippen LogP) is -0.294. The van der Waals surface area contributed by atoms with E-state index in [-0.39, 0.29) is 24.7 Å². The normalized spacial score (nSPS) is 21.3. The predicted molar refractivity (Wildman–Crippen MR) is 86.4 cm³/mol. The Morgan fingerprint density at radius 1 is 1.50 bits per heavy atom. The second kappa shape index (κ2) is 6.55. The average molecular weight is 357 g/mol. The standard InChI is InChI=1S/C16H15N5O5/c1-16(13(22)14(23)24)15(25)20(6-7-26-16)12-3-5-21(19-12)11-2-4-18-10(8-11)9-17/h2-5,8,13,22H,6-7H2,1H3,(H,23,24)/t13-,16?/m0/s1. The van der Waals surface area contributed by atoms with Gasteiger partial charge < -0.3 is 14.9 Å².